The molecule has 0 spiro atoms. The van der Waals surface area contributed by atoms with Gasteiger partial charge in [-0.25, -0.2) is 0 Å². The summed E-state index contributed by atoms with van der Waals surface area (Å²) in [6.45, 7) is 7.58. The van der Waals surface area contributed by atoms with E-state index in [1.807, 2.05) is 25.7 Å². The molecule has 59 valence electrons. The summed E-state index contributed by atoms with van der Waals surface area (Å²) >= 11 is 0. The molecule has 0 aromatic rings. The Morgan fingerprint density at radius 1 is 1.30 bits per heavy atom. The van der Waals surface area contributed by atoms with Crippen LogP contribution < -0.4 is 0 Å². The first-order valence-electron chi connectivity index (χ1n) is 3.88. The molecule has 0 aliphatic rings. The summed E-state index contributed by atoms with van der Waals surface area (Å²) in [5.41, 5.74) is 0. The number of amides is 1. The van der Waals surface area contributed by atoms with E-state index in [1.165, 1.54) is 0 Å². The van der Waals surface area contributed by atoms with Gasteiger partial charge in [-0.3, -0.25) is 4.79 Å². The Kier molecular flexibility index (Phi) is 4.99. The molecule has 0 aromatic carbocycles. The highest BCUT2D eigenvalue weighted by Crippen LogP contribution is 1.94. The van der Waals surface area contributed by atoms with E-state index in [9.17, 15) is 4.79 Å². The van der Waals surface area contributed by atoms with E-state index in [2.05, 4.69) is 0 Å². The summed E-state index contributed by atoms with van der Waals surface area (Å²) in [7, 11) is 0. The smallest absolute Gasteiger partial charge is 0.226 e. The first kappa shape index (κ1) is 9.47. The van der Waals surface area contributed by atoms with E-state index in [1.54, 1.807) is 6.42 Å². The molecule has 1 amide bonds. The number of hydrogen-bond donors (Lipinski definition) is 0. The van der Waals surface area contributed by atoms with E-state index in [0.29, 0.717) is 0 Å². The van der Waals surface area contributed by atoms with Gasteiger partial charge in [0, 0.05) is 19.5 Å². The van der Waals surface area contributed by atoms with Crippen LogP contribution in [0.5, 0.6) is 0 Å². The van der Waals surface area contributed by atoms with E-state index >= 15 is 0 Å². The minimum atomic E-state index is 0.160. The first-order chi connectivity index (χ1) is 4.76. The molecule has 1 radical (unpaired) electrons. The standard InChI is InChI=1S/C8H16NO/c1-4-7-8(10)9(5-2)6-3/h7H,4-6H2,1-3H3. The van der Waals surface area contributed by atoms with E-state index in [0.717, 1.165) is 19.5 Å². The fourth-order valence-corrected chi connectivity index (χ4v) is 0.839. The normalized spacial score (nSPS) is 9.50. The number of carbonyl (C=O) groups is 1. The van der Waals surface area contributed by atoms with Crippen molar-refractivity contribution in [2.24, 2.45) is 0 Å². The Morgan fingerprint density at radius 2 is 1.80 bits per heavy atom. The van der Waals surface area contributed by atoms with Crippen molar-refractivity contribution in [2.45, 2.75) is 27.2 Å². The van der Waals surface area contributed by atoms with Gasteiger partial charge in [-0.15, -0.1) is 0 Å². The third-order valence-electron chi connectivity index (χ3n) is 1.45. The lowest BCUT2D eigenvalue weighted by Gasteiger charge is -2.17. The van der Waals surface area contributed by atoms with Gasteiger partial charge in [0.15, 0.2) is 0 Å². The van der Waals surface area contributed by atoms with Gasteiger partial charge in [0.05, 0.1) is 0 Å². The van der Waals surface area contributed by atoms with Crippen molar-refractivity contribution in [1.29, 1.82) is 0 Å². The van der Waals surface area contributed by atoms with Gasteiger partial charge in [0.25, 0.3) is 0 Å². The molecule has 0 N–H and O–H groups in total. The Balaban J connectivity index is 3.65. The highest BCUT2D eigenvalue weighted by Gasteiger charge is 2.06. The van der Waals surface area contributed by atoms with Crippen molar-refractivity contribution in [1.82, 2.24) is 4.90 Å². The molecular formula is C8H16NO. The molecule has 0 saturated heterocycles. The van der Waals surface area contributed by atoms with Gasteiger partial charge in [-0.1, -0.05) is 6.92 Å². The monoisotopic (exact) mass is 142 g/mol. The van der Waals surface area contributed by atoms with Crippen LogP contribution in [-0.4, -0.2) is 23.9 Å². The fraction of sp³-hybridized carbons (Fsp3) is 0.750. The van der Waals surface area contributed by atoms with Gasteiger partial charge in [0.1, 0.15) is 0 Å². The molecule has 0 fully saturated rings. The maximum atomic E-state index is 11.1. The van der Waals surface area contributed by atoms with Crippen LogP contribution >= 0.6 is 0 Å². The average molecular weight is 142 g/mol. The van der Waals surface area contributed by atoms with Crippen LogP contribution in [0, 0.1) is 6.42 Å². The molecule has 0 rings (SSSR count). The van der Waals surface area contributed by atoms with Crippen LogP contribution in [0.3, 0.4) is 0 Å². The molecule has 2 nitrogen and oxygen atoms in total. The SMILES string of the molecule is CC[CH]C(=O)N(CC)CC. The first-order valence-corrected chi connectivity index (χ1v) is 3.88. The van der Waals surface area contributed by atoms with Crippen molar-refractivity contribution < 1.29 is 4.79 Å². The van der Waals surface area contributed by atoms with Gasteiger partial charge in [-0.05, 0) is 20.3 Å². The number of rotatable bonds is 4. The van der Waals surface area contributed by atoms with Crippen molar-refractivity contribution in [3.05, 3.63) is 6.42 Å². The van der Waals surface area contributed by atoms with E-state index in [-0.39, 0.29) is 5.91 Å². The van der Waals surface area contributed by atoms with Crippen molar-refractivity contribution in [2.75, 3.05) is 13.1 Å². The summed E-state index contributed by atoms with van der Waals surface area (Å²) in [5, 5.41) is 0. The second kappa shape index (κ2) is 5.27. The molecule has 10 heavy (non-hydrogen) atoms. The van der Waals surface area contributed by atoms with Crippen molar-refractivity contribution >= 4 is 5.91 Å². The largest absolute Gasteiger partial charge is 0.343 e. The molecule has 0 bridgehead atoms. The van der Waals surface area contributed by atoms with Crippen molar-refractivity contribution in [3.63, 3.8) is 0 Å². The van der Waals surface area contributed by atoms with Gasteiger partial charge >= 0.3 is 0 Å². The Hall–Kier alpha value is -0.530. The summed E-state index contributed by atoms with van der Waals surface area (Å²) in [6.07, 6.45) is 2.54. The summed E-state index contributed by atoms with van der Waals surface area (Å²) in [6, 6.07) is 0. The molecular weight excluding hydrogens is 126 g/mol. The molecule has 0 aromatic heterocycles. The Bertz CT molecular complexity index is 97.4. The van der Waals surface area contributed by atoms with Gasteiger partial charge < -0.3 is 4.90 Å². The van der Waals surface area contributed by atoms with Crippen LogP contribution in [0.4, 0.5) is 0 Å². The third-order valence-corrected chi connectivity index (χ3v) is 1.45. The third kappa shape index (κ3) is 2.85. The maximum Gasteiger partial charge on any atom is 0.226 e. The van der Waals surface area contributed by atoms with Crippen LogP contribution in [-0.2, 0) is 4.79 Å². The molecule has 2 heteroatoms. The van der Waals surface area contributed by atoms with Gasteiger partial charge in [-0.2, -0.15) is 0 Å². The minimum absolute atomic E-state index is 0.160. The lowest BCUT2D eigenvalue weighted by molar-refractivity contribution is -0.127. The number of nitrogens with zero attached hydrogens (tertiary/aromatic N) is 1. The van der Waals surface area contributed by atoms with Crippen LogP contribution in [0.2, 0.25) is 0 Å². The lowest BCUT2D eigenvalue weighted by Crippen LogP contribution is -2.30. The number of carbonyl (C=O) groups excluding carboxylic acids is 1. The summed E-state index contributed by atoms with van der Waals surface area (Å²) in [5.74, 6) is 0.160. The zero-order valence-corrected chi connectivity index (χ0v) is 7.05. The zero-order valence-electron chi connectivity index (χ0n) is 7.05. The Labute approximate surface area is 63.2 Å². The lowest BCUT2D eigenvalue weighted by atomic mass is 10.3. The summed E-state index contributed by atoms with van der Waals surface area (Å²) < 4.78 is 0. The minimum Gasteiger partial charge on any atom is -0.343 e. The van der Waals surface area contributed by atoms with Crippen LogP contribution in [0.15, 0.2) is 0 Å². The van der Waals surface area contributed by atoms with Crippen LogP contribution in [0.1, 0.15) is 27.2 Å². The van der Waals surface area contributed by atoms with Crippen LogP contribution in [0.25, 0.3) is 0 Å². The highest BCUT2D eigenvalue weighted by atomic mass is 16.2. The van der Waals surface area contributed by atoms with Gasteiger partial charge in [0.2, 0.25) is 5.91 Å². The molecule has 0 heterocycles. The molecule has 0 saturated carbocycles. The Morgan fingerprint density at radius 3 is 2.10 bits per heavy atom. The fourth-order valence-electron chi connectivity index (χ4n) is 0.839. The topological polar surface area (TPSA) is 20.3 Å². The number of hydrogen-bond acceptors (Lipinski definition) is 1. The quantitative estimate of drug-likeness (QED) is 0.582. The predicted molar refractivity (Wildman–Crippen MR) is 42.5 cm³/mol. The second-order valence-electron chi connectivity index (χ2n) is 2.12. The average Bonchev–Trinajstić information content (AvgIpc) is 1.91. The molecule has 0 atom stereocenters. The zero-order chi connectivity index (χ0) is 7.98. The van der Waals surface area contributed by atoms with E-state index < -0.39 is 0 Å². The second-order valence-corrected chi connectivity index (χ2v) is 2.12. The molecule has 0 unspecified atom stereocenters. The predicted octanol–water partition coefficient (Wildman–Crippen LogP) is 1.47. The molecule has 0 aliphatic heterocycles. The summed E-state index contributed by atoms with van der Waals surface area (Å²) in [4.78, 5) is 12.9. The maximum absolute atomic E-state index is 11.1. The highest BCUT2D eigenvalue weighted by molar-refractivity contribution is 5.84. The van der Waals surface area contributed by atoms with E-state index in [4.69, 9.17) is 0 Å². The van der Waals surface area contributed by atoms with Crippen molar-refractivity contribution in [3.8, 4) is 0 Å². The molecule has 0 aliphatic carbocycles.